The molecule has 0 amide bonds. The Morgan fingerprint density at radius 2 is 1.83 bits per heavy atom. The predicted molar refractivity (Wildman–Crippen MR) is 91.7 cm³/mol. The summed E-state index contributed by atoms with van der Waals surface area (Å²) in [5.74, 6) is 0. The monoisotopic (exact) mass is 312 g/mol. The van der Waals surface area contributed by atoms with Crippen LogP contribution < -0.4 is 16.1 Å². The van der Waals surface area contributed by atoms with Gasteiger partial charge in [-0.05, 0) is 30.3 Å². The number of nitrogen functional groups attached to an aromatic ring is 1. The SMILES string of the molecule is N=C(c1ccc(N2CCOCC2)cc1)c1cc(NO)ccc1N. The minimum absolute atomic E-state index is 0.327. The normalized spacial score (nSPS) is 14.6. The van der Waals surface area contributed by atoms with Crippen LogP contribution in [0.2, 0.25) is 0 Å². The Morgan fingerprint density at radius 3 is 2.48 bits per heavy atom. The Balaban J connectivity index is 1.82. The van der Waals surface area contributed by atoms with Crippen molar-refractivity contribution < 1.29 is 9.94 Å². The average molecular weight is 312 g/mol. The lowest BCUT2D eigenvalue weighted by Crippen LogP contribution is -2.36. The van der Waals surface area contributed by atoms with E-state index in [9.17, 15) is 0 Å². The van der Waals surface area contributed by atoms with Gasteiger partial charge in [0.05, 0.1) is 24.6 Å². The maximum absolute atomic E-state index is 9.01. The van der Waals surface area contributed by atoms with Gasteiger partial charge in [-0.15, -0.1) is 0 Å². The first kappa shape index (κ1) is 15.3. The first-order valence-corrected chi connectivity index (χ1v) is 7.51. The van der Waals surface area contributed by atoms with Crippen LogP contribution in [0.1, 0.15) is 11.1 Å². The molecule has 0 atom stereocenters. The smallest absolute Gasteiger partial charge is 0.0706 e. The van der Waals surface area contributed by atoms with E-state index in [0.29, 0.717) is 22.6 Å². The van der Waals surface area contributed by atoms with Crippen LogP contribution >= 0.6 is 0 Å². The van der Waals surface area contributed by atoms with Crippen molar-refractivity contribution in [3.05, 3.63) is 53.6 Å². The summed E-state index contributed by atoms with van der Waals surface area (Å²) in [5, 5.41) is 17.4. The molecule has 1 fully saturated rings. The molecule has 5 N–H and O–H groups in total. The van der Waals surface area contributed by atoms with E-state index in [1.54, 1.807) is 18.2 Å². The zero-order chi connectivity index (χ0) is 16.2. The van der Waals surface area contributed by atoms with Gasteiger partial charge in [-0.1, -0.05) is 12.1 Å². The van der Waals surface area contributed by atoms with E-state index in [1.165, 1.54) is 0 Å². The summed E-state index contributed by atoms with van der Waals surface area (Å²) in [5.41, 5.74) is 11.9. The van der Waals surface area contributed by atoms with E-state index in [4.69, 9.17) is 21.1 Å². The first-order valence-electron chi connectivity index (χ1n) is 7.51. The number of ether oxygens (including phenoxy) is 1. The summed E-state index contributed by atoms with van der Waals surface area (Å²) >= 11 is 0. The molecule has 0 radical (unpaired) electrons. The molecule has 6 nitrogen and oxygen atoms in total. The quantitative estimate of drug-likeness (QED) is 0.395. The zero-order valence-corrected chi connectivity index (χ0v) is 12.7. The predicted octanol–water partition coefficient (Wildman–Crippen LogP) is 2.32. The summed E-state index contributed by atoms with van der Waals surface area (Å²) in [6.45, 7) is 3.26. The van der Waals surface area contributed by atoms with Gasteiger partial charge < -0.3 is 15.4 Å². The van der Waals surface area contributed by atoms with Crippen LogP contribution in [-0.2, 0) is 4.74 Å². The lowest BCUT2D eigenvalue weighted by molar-refractivity contribution is 0.122. The fraction of sp³-hybridized carbons (Fsp3) is 0.235. The molecule has 1 heterocycles. The molecule has 0 saturated carbocycles. The van der Waals surface area contributed by atoms with Crippen molar-refractivity contribution in [2.45, 2.75) is 0 Å². The van der Waals surface area contributed by atoms with Crippen LogP contribution in [0.25, 0.3) is 0 Å². The molecule has 6 heteroatoms. The second kappa shape index (κ2) is 6.68. The van der Waals surface area contributed by atoms with Gasteiger partial charge in [-0.3, -0.25) is 16.1 Å². The second-order valence-electron chi connectivity index (χ2n) is 5.44. The van der Waals surface area contributed by atoms with Crippen LogP contribution in [0.4, 0.5) is 17.1 Å². The van der Waals surface area contributed by atoms with E-state index in [2.05, 4.69) is 10.4 Å². The third kappa shape index (κ3) is 3.28. The molecule has 1 aliphatic heterocycles. The molecule has 1 saturated heterocycles. The highest BCUT2D eigenvalue weighted by Gasteiger charge is 2.13. The summed E-state index contributed by atoms with van der Waals surface area (Å²) in [6.07, 6.45) is 0. The van der Waals surface area contributed by atoms with Gasteiger partial charge >= 0.3 is 0 Å². The van der Waals surface area contributed by atoms with Crippen LogP contribution in [0.5, 0.6) is 0 Å². The number of nitrogens with one attached hydrogen (secondary N) is 2. The number of rotatable bonds is 4. The summed E-state index contributed by atoms with van der Waals surface area (Å²) in [7, 11) is 0. The number of nitrogens with zero attached hydrogens (tertiary/aromatic N) is 1. The second-order valence-corrected chi connectivity index (χ2v) is 5.44. The third-order valence-electron chi connectivity index (χ3n) is 3.98. The fourth-order valence-corrected chi connectivity index (χ4v) is 2.66. The van der Waals surface area contributed by atoms with E-state index < -0.39 is 0 Å². The summed E-state index contributed by atoms with van der Waals surface area (Å²) in [6, 6.07) is 12.9. The molecule has 23 heavy (non-hydrogen) atoms. The number of morpholine rings is 1. The van der Waals surface area contributed by atoms with Gasteiger partial charge in [0.15, 0.2) is 0 Å². The van der Waals surface area contributed by atoms with Gasteiger partial charge in [0, 0.05) is 35.6 Å². The highest BCUT2D eigenvalue weighted by molar-refractivity contribution is 6.14. The Labute approximate surface area is 135 Å². The highest BCUT2D eigenvalue weighted by atomic mass is 16.5. The molecular formula is C17H20N4O2. The van der Waals surface area contributed by atoms with E-state index >= 15 is 0 Å². The van der Waals surface area contributed by atoms with Crippen LogP contribution in [0.3, 0.4) is 0 Å². The molecule has 0 aromatic heterocycles. The number of nitrogens with two attached hydrogens (primary N) is 1. The Bertz CT molecular complexity index is 694. The average Bonchev–Trinajstić information content (AvgIpc) is 2.62. The number of hydrogen-bond donors (Lipinski definition) is 4. The van der Waals surface area contributed by atoms with E-state index in [0.717, 1.165) is 37.6 Å². The molecule has 0 unspecified atom stereocenters. The van der Waals surface area contributed by atoms with Crippen molar-refractivity contribution in [3.63, 3.8) is 0 Å². The Morgan fingerprint density at radius 1 is 1.13 bits per heavy atom. The molecule has 0 aliphatic carbocycles. The lowest BCUT2D eigenvalue weighted by Gasteiger charge is -2.29. The maximum Gasteiger partial charge on any atom is 0.0706 e. The maximum atomic E-state index is 9.01. The van der Waals surface area contributed by atoms with Crippen LogP contribution in [0.15, 0.2) is 42.5 Å². The first-order chi connectivity index (χ1) is 11.2. The molecule has 1 aliphatic rings. The van der Waals surface area contributed by atoms with Crippen molar-refractivity contribution >= 4 is 22.8 Å². The standard InChI is InChI=1S/C17H20N4O2/c18-16-6-3-13(20-22)11-15(16)17(19)12-1-4-14(5-2-12)21-7-9-23-10-8-21/h1-6,11,19-20,22H,7-10,18H2. The van der Waals surface area contributed by atoms with Crippen molar-refractivity contribution in [2.75, 3.05) is 42.4 Å². The topological polar surface area (TPSA) is 94.6 Å². The van der Waals surface area contributed by atoms with Gasteiger partial charge in [0.25, 0.3) is 0 Å². The van der Waals surface area contributed by atoms with Crippen molar-refractivity contribution in [1.82, 2.24) is 0 Å². The van der Waals surface area contributed by atoms with Gasteiger partial charge in [-0.25, -0.2) is 0 Å². The van der Waals surface area contributed by atoms with Crippen LogP contribution in [0, 0.1) is 5.41 Å². The zero-order valence-electron chi connectivity index (χ0n) is 12.7. The van der Waals surface area contributed by atoms with Crippen molar-refractivity contribution in [2.24, 2.45) is 0 Å². The lowest BCUT2D eigenvalue weighted by atomic mass is 10.00. The van der Waals surface area contributed by atoms with Crippen LogP contribution in [-0.4, -0.2) is 37.2 Å². The molecular weight excluding hydrogens is 292 g/mol. The number of benzene rings is 2. The summed E-state index contributed by atoms with van der Waals surface area (Å²) < 4.78 is 5.36. The van der Waals surface area contributed by atoms with Gasteiger partial charge in [-0.2, -0.15) is 0 Å². The third-order valence-corrected chi connectivity index (χ3v) is 3.98. The van der Waals surface area contributed by atoms with Crippen molar-refractivity contribution in [1.29, 1.82) is 5.41 Å². The molecule has 120 valence electrons. The number of hydrogen-bond acceptors (Lipinski definition) is 6. The minimum atomic E-state index is 0.327. The molecule has 2 aromatic rings. The fourth-order valence-electron chi connectivity index (χ4n) is 2.66. The van der Waals surface area contributed by atoms with Gasteiger partial charge in [0.2, 0.25) is 0 Å². The summed E-state index contributed by atoms with van der Waals surface area (Å²) in [4.78, 5) is 2.27. The molecule has 0 spiro atoms. The molecule has 2 aromatic carbocycles. The molecule has 0 bridgehead atoms. The minimum Gasteiger partial charge on any atom is -0.398 e. The van der Waals surface area contributed by atoms with E-state index in [1.807, 2.05) is 24.3 Å². The largest absolute Gasteiger partial charge is 0.398 e. The van der Waals surface area contributed by atoms with Gasteiger partial charge in [0.1, 0.15) is 0 Å². The number of anilines is 3. The van der Waals surface area contributed by atoms with Crippen molar-refractivity contribution in [3.8, 4) is 0 Å². The molecule has 3 rings (SSSR count). The van der Waals surface area contributed by atoms with E-state index in [-0.39, 0.29) is 0 Å². The highest BCUT2D eigenvalue weighted by Crippen LogP contribution is 2.23. The Hall–Kier alpha value is -2.57. The Kier molecular flexibility index (Phi) is 4.45.